The summed E-state index contributed by atoms with van der Waals surface area (Å²) in [6.45, 7) is 1.20. The van der Waals surface area contributed by atoms with Crippen molar-refractivity contribution in [1.82, 2.24) is 4.90 Å². The van der Waals surface area contributed by atoms with Crippen molar-refractivity contribution in [2.45, 2.75) is 25.2 Å². The summed E-state index contributed by atoms with van der Waals surface area (Å²) in [6.07, 6.45) is 2.14. The minimum Gasteiger partial charge on any atom is -0.481 e. The van der Waals surface area contributed by atoms with Crippen LogP contribution >= 0.6 is 11.3 Å². The molecule has 3 rings (SSSR count). The summed E-state index contributed by atoms with van der Waals surface area (Å²) >= 11 is 1.67. The summed E-state index contributed by atoms with van der Waals surface area (Å²) in [5.41, 5.74) is 1.28. The van der Waals surface area contributed by atoms with Gasteiger partial charge in [0.1, 0.15) is 0 Å². The number of rotatable bonds is 3. The third kappa shape index (κ3) is 2.52. The zero-order valence-corrected chi connectivity index (χ0v) is 11.4. The molecule has 1 N–H and O–H groups in total. The van der Waals surface area contributed by atoms with Crippen LogP contribution in [-0.4, -0.2) is 35.0 Å². The van der Waals surface area contributed by atoms with Crippen molar-refractivity contribution in [3.8, 4) is 0 Å². The van der Waals surface area contributed by atoms with Crippen LogP contribution in [0.3, 0.4) is 0 Å². The number of piperidine rings is 1. The molecule has 2 fully saturated rings. The second-order valence-corrected chi connectivity index (χ2v) is 6.22. The summed E-state index contributed by atoms with van der Waals surface area (Å²) < 4.78 is 0. The Morgan fingerprint density at radius 2 is 2.05 bits per heavy atom. The second-order valence-electron chi connectivity index (χ2n) is 5.44. The maximum Gasteiger partial charge on any atom is 0.306 e. The summed E-state index contributed by atoms with van der Waals surface area (Å²) in [5.74, 6) is -0.238. The molecule has 102 valence electrons. The maximum atomic E-state index is 12.3. The Morgan fingerprint density at radius 3 is 2.63 bits per heavy atom. The summed E-state index contributed by atoms with van der Waals surface area (Å²) in [7, 11) is 0. The van der Waals surface area contributed by atoms with Gasteiger partial charge in [-0.1, -0.05) is 0 Å². The van der Waals surface area contributed by atoms with Gasteiger partial charge < -0.3 is 10.0 Å². The molecule has 0 spiro atoms. The summed E-state index contributed by atoms with van der Waals surface area (Å²) in [6, 6.07) is 2.10. The van der Waals surface area contributed by atoms with Gasteiger partial charge in [0.05, 0.1) is 5.92 Å². The van der Waals surface area contributed by atoms with E-state index >= 15 is 0 Å². The Balaban J connectivity index is 1.54. The molecular formula is C14H17NO3S. The average molecular weight is 279 g/mol. The highest BCUT2D eigenvalue weighted by Crippen LogP contribution is 2.49. The highest BCUT2D eigenvalue weighted by Gasteiger charge is 2.46. The molecule has 4 nitrogen and oxygen atoms in total. The van der Waals surface area contributed by atoms with Crippen LogP contribution in [-0.2, 0) is 9.59 Å². The Kier molecular flexibility index (Phi) is 3.31. The Labute approximate surface area is 116 Å². The predicted molar refractivity (Wildman–Crippen MR) is 72.1 cm³/mol. The van der Waals surface area contributed by atoms with E-state index in [4.69, 9.17) is 5.11 Å². The second kappa shape index (κ2) is 4.96. The van der Waals surface area contributed by atoms with Crippen molar-refractivity contribution >= 4 is 23.2 Å². The molecule has 1 saturated heterocycles. The van der Waals surface area contributed by atoms with Gasteiger partial charge in [-0.3, -0.25) is 9.59 Å². The quantitative estimate of drug-likeness (QED) is 0.922. The molecule has 1 saturated carbocycles. The van der Waals surface area contributed by atoms with Crippen molar-refractivity contribution in [3.63, 3.8) is 0 Å². The molecule has 1 amide bonds. The van der Waals surface area contributed by atoms with Crippen LogP contribution in [0.1, 0.15) is 30.7 Å². The van der Waals surface area contributed by atoms with Crippen LogP contribution in [0.4, 0.5) is 0 Å². The van der Waals surface area contributed by atoms with Crippen LogP contribution in [0, 0.1) is 11.8 Å². The van der Waals surface area contributed by atoms with Gasteiger partial charge >= 0.3 is 5.97 Å². The number of aliphatic carboxylic acids is 1. The van der Waals surface area contributed by atoms with E-state index in [0.717, 1.165) is 6.42 Å². The minimum absolute atomic E-state index is 0.135. The normalized spacial score (nSPS) is 27.3. The summed E-state index contributed by atoms with van der Waals surface area (Å²) in [5, 5.41) is 13.1. The molecule has 5 heteroatoms. The average Bonchev–Trinajstić information content (AvgIpc) is 3.03. The number of nitrogens with zero attached hydrogens (tertiary/aromatic N) is 1. The first kappa shape index (κ1) is 12.7. The molecule has 2 atom stereocenters. The lowest BCUT2D eigenvalue weighted by atomic mass is 9.97. The number of likely N-dealkylation sites (tertiary alicyclic amines) is 1. The van der Waals surface area contributed by atoms with E-state index in [0.29, 0.717) is 31.8 Å². The SMILES string of the molecule is O=C(O)C1CCN(C(=O)[C@@H]2C[C@H]2c2ccsc2)CC1. The Bertz CT molecular complexity index is 477. The fourth-order valence-corrected chi connectivity index (χ4v) is 3.63. The minimum atomic E-state index is -0.727. The largest absolute Gasteiger partial charge is 0.481 e. The first-order valence-electron chi connectivity index (χ1n) is 6.70. The Hall–Kier alpha value is -1.36. The molecule has 0 unspecified atom stereocenters. The number of carboxylic acid groups (broad SMARTS) is 1. The molecule has 1 aromatic heterocycles. The first-order chi connectivity index (χ1) is 9.16. The number of carbonyl (C=O) groups is 2. The molecule has 2 aliphatic rings. The fraction of sp³-hybridized carbons (Fsp3) is 0.571. The molecule has 1 aliphatic heterocycles. The van der Waals surface area contributed by atoms with Gasteiger partial charge in [-0.25, -0.2) is 0 Å². The molecule has 19 heavy (non-hydrogen) atoms. The van der Waals surface area contributed by atoms with Gasteiger partial charge in [-0.05, 0) is 47.6 Å². The molecule has 2 heterocycles. The highest BCUT2D eigenvalue weighted by atomic mass is 32.1. The van der Waals surface area contributed by atoms with E-state index in [-0.39, 0.29) is 17.7 Å². The van der Waals surface area contributed by atoms with Crippen molar-refractivity contribution in [3.05, 3.63) is 22.4 Å². The third-order valence-electron chi connectivity index (χ3n) is 4.23. The van der Waals surface area contributed by atoms with E-state index in [9.17, 15) is 9.59 Å². The van der Waals surface area contributed by atoms with Crippen LogP contribution in [0.25, 0.3) is 0 Å². The number of thiophene rings is 1. The van der Waals surface area contributed by atoms with E-state index < -0.39 is 5.97 Å². The smallest absolute Gasteiger partial charge is 0.306 e. The molecule has 1 aliphatic carbocycles. The van der Waals surface area contributed by atoms with E-state index in [1.165, 1.54) is 5.56 Å². The van der Waals surface area contributed by atoms with Crippen LogP contribution < -0.4 is 0 Å². The van der Waals surface area contributed by atoms with Crippen LogP contribution in [0.2, 0.25) is 0 Å². The van der Waals surface area contributed by atoms with Crippen molar-refractivity contribution in [2.24, 2.45) is 11.8 Å². The molecule has 1 aromatic rings. The van der Waals surface area contributed by atoms with Crippen molar-refractivity contribution in [1.29, 1.82) is 0 Å². The molecular weight excluding hydrogens is 262 g/mol. The molecule has 0 bridgehead atoms. The predicted octanol–water partition coefficient (Wildman–Crippen LogP) is 2.17. The van der Waals surface area contributed by atoms with Gasteiger partial charge in [-0.15, -0.1) is 0 Å². The number of hydrogen-bond acceptors (Lipinski definition) is 3. The molecule has 0 aromatic carbocycles. The maximum absolute atomic E-state index is 12.3. The number of carboxylic acids is 1. The van der Waals surface area contributed by atoms with Crippen LogP contribution in [0.5, 0.6) is 0 Å². The lowest BCUT2D eigenvalue weighted by molar-refractivity contribution is -0.146. The van der Waals surface area contributed by atoms with E-state index in [1.54, 1.807) is 11.3 Å². The van der Waals surface area contributed by atoms with Crippen molar-refractivity contribution < 1.29 is 14.7 Å². The topological polar surface area (TPSA) is 57.6 Å². The Morgan fingerprint density at radius 1 is 1.32 bits per heavy atom. The van der Waals surface area contributed by atoms with Crippen LogP contribution in [0.15, 0.2) is 16.8 Å². The standard InChI is InChI=1S/C14H17NO3S/c16-13(12-7-11(12)10-3-6-19-8-10)15-4-1-9(2-5-15)14(17)18/h3,6,8-9,11-12H,1-2,4-5,7H2,(H,17,18)/t11-,12+/m0/s1. The van der Waals surface area contributed by atoms with E-state index in [2.05, 4.69) is 11.4 Å². The number of amides is 1. The lowest BCUT2D eigenvalue weighted by Crippen LogP contribution is -2.41. The highest BCUT2D eigenvalue weighted by molar-refractivity contribution is 7.08. The first-order valence-corrected chi connectivity index (χ1v) is 7.65. The zero-order chi connectivity index (χ0) is 13.4. The fourth-order valence-electron chi connectivity index (χ4n) is 2.90. The third-order valence-corrected chi connectivity index (χ3v) is 4.94. The van der Waals surface area contributed by atoms with E-state index in [1.807, 2.05) is 10.3 Å². The van der Waals surface area contributed by atoms with Gasteiger partial charge in [0.15, 0.2) is 0 Å². The summed E-state index contributed by atoms with van der Waals surface area (Å²) in [4.78, 5) is 25.1. The molecule has 0 radical (unpaired) electrons. The number of hydrogen-bond donors (Lipinski definition) is 1. The lowest BCUT2D eigenvalue weighted by Gasteiger charge is -2.30. The van der Waals surface area contributed by atoms with Gasteiger partial charge in [-0.2, -0.15) is 11.3 Å². The van der Waals surface area contributed by atoms with Gasteiger partial charge in [0.25, 0.3) is 0 Å². The zero-order valence-electron chi connectivity index (χ0n) is 10.6. The number of carbonyl (C=O) groups excluding carboxylic acids is 1. The van der Waals surface area contributed by atoms with Crippen molar-refractivity contribution in [2.75, 3.05) is 13.1 Å². The van der Waals surface area contributed by atoms with Gasteiger partial charge in [0.2, 0.25) is 5.91 Å². The monoisotopic (exact) mass is 279 g/mol. The van der Waals surface area contributed by atoms with Gasteiger partial charge in [0, 0.05) is 19.0 Å².